The van der Waals surface area contributed by atoms with Crippen molar-refractivity contribution in [1.82, 2.24) is 29.2 Å². The van der Waals surface area contributed by atoms with E-state index in [2.05, 4.69) is 10.2 Å². The van der Waals surface area contributed by atoms with Crippen LogP contribution in [0, 0.1) is 0 Å². The highest BCUT2D eigenvalue weighted by atomic mass is 19.4. The van der Waals surface area contributed by atoms with Crippen LogP contribution in [0.2, 0.25) is 0 Å². The number of hydrogen-bond donors (Lipinski definition) is 0. The summed E-state index contributed by atoms with van der Waals surface area (Å²) >= 11 is 0. The molecule has 0 aliphatic carbocycles. The number of alkyl halides is 3. The van der Waals surface area contributed by atoms with Crippen LogP contribution in [0.15, 0.2) is 47.4 Å². The van der Waals surface area contributed by atoms with Gasteiger partial charge in [0.2, 0.25) is 0 Å². The zero-order valence-electron chi connectivity index (χ0n) is 21.9. The van der Waals surface area contributed by atoms with Crippen molar-refractivity contribution in [1.29, 1.82) is 0 Å². The molecule has 0 bridgehead atoms. The van der Waals surface area contributed by atoms with Crippen LogP contribution in [-0.4, -0.2) is 54.0 Å². The van der Waals surface area contributed by atoms with Crippen molar-refractivity contribution in [3.63, 3.8) is 0 Å². The summed E-state index contributed by atoms with van der Waals surface area (Å²) in [6.07, 6.45) is -2.12. The molecule has 0 radical (unpaired) electrons. The Hall–Kier alpha value is -4.22. The van der Waals surface area contributed by atoms with E-state index in [1.54, 1.807) is 17.0 Å². The van der Waals surface area contributed by atoms with Gasteiger partial charge in [-0.2, -0.15) is 13.2 Å². The van der Waals surface area contributed by atoms with Gasteiger partial charge in [-0.15, -0.1) is 10.2 Å². The van der Waals surface area contributed by atoms with Crippen LogP contribution in [0.3, 0.4) is 0 Å². The summed E-state index contributed by atoms with van der Waals surface area (Å²) in [5.41, 5.74) is 1.32. The number of pyridine rings is 2. The Morgan fingerprint density at radius 1 is 1.00 bits per heavy atom. The van der Waals surface area contributed by atoms with Gasteiger partial charge in [-0.3, -0.25) is 9.36 Å². The van der Waals surface area contributed by atoms with Crippen molar-refractivity contribution in [3.05, 3.63) is 69.9 Å². The number of aromatic nitrogens is 5. The van der Waals surface area contributed by atoms with Crippen LogP contribution in [0.5, 0.6) is 0 Å². The van der Waals surface area contributed by atoms with E-state index in [4.69, 9.17) is 9.72 Å². The van der Waals surface area contributed by atoms with E-state index >= 15 is 0 Å². The summed E-state index contributed by atoms with van der Waals surface area (Å²) in [4.78, 5) is 32.0. The molecule has 0 N–H and O–H groups in total. The van der Waals surface area contributed by atoms with Gasteiger partial charge in [-0.25, -0.2) is 9.78 Å². The first-order valence-electron chi connectivity index (χ1n) is 12.4. The first kappa shape index (κ1) is 26.4. The molecule has 0 saturated heterocycles. The average molecular weight is 541 g/mol. The van der Waals surface area contributed by atoms with Crippen molar-refractivity contribution in [2.45, 2.75) is 45.4 Å². The molecular weight excluding hydrogens is 513 g/mol. The normalized spacial score (nSPS) is 14.3. The molecule has 0 saturated carbocycles. The highest BCUT2D eigenvalue weighted by Gasteiger charge is 2.33. The predicted octanol–water partition coefficient (Wildman–Crippen LogP) is 4.54. The number of hydrogen-bond acceptors (Lipinski definition) is 6. The van der Waals surface area contributed by atoms with Gasteiger partial charge >= 0.3 is 12.3 Å². The molecule has 9 nitrogen and oxygen atoms in total. The van der Waals surface area contributed by atoms with E-state index in [9.17, 15) is 22.8 Å². The molecule has 204 valence electrons. The van der Waals surface area contributed by atoms with Crippen molar-refractivity contribution >= 4 is 17.1 Å². The fourth-order valence-corrected chi connectivity index (χ4v) is 4.72. The molecule has 0 aromatic carbocycles. The number of carbonyl (C=O) groups is 1. The molecule has 0 atom stereocenters. The molecular formula is C27H27F3N6O3. The van der Waals surface area contributed by atoms with Crippen LogP contribution in [0.4, 0.5) is 18.0 Å². The lowest BCUT2D eigenvalue weighted by molar-refractivity contribution is -0.141. The molecule has 5 heterocycles. The third kappa shape index (κ3) is 5.23. The minimum absolute atomic E-state index is 0.155. The zero-order chi connectivity index (χ0) is 28.1. The smallest absolute Gasteiger partial charge is 0.435 e. The Morgan fingerprint density at radius 3 is 2.38 bits per heavy atom. The summed E-state index contributed by atoms with van der Waals surface area (Å²) in [5, 5.41) is 7.79. The van der Waals surface area contributed by atoms with E-state index in [0.717, 1.165) is 22.7 Å². The molecule has 0 fully saturated rings. The standard InChI is InChI=1S/C27H27F3N6O3/c1-26(2,3)39-25(38)35-12-10-17-18-5-8-22(31-24(18)34(4)20(17)11-13-35)36-14-9-16(15-23(36)37)19-6-7-21(33-32-19)27(28,29)30/h5-9,14-15H,10-13H2,1-4H3. The van der Waals surface area contributed by atoms with Gasteiger partial charge in [0, 0.05) is 55.5 Å². The number of nitrogens with zero attached hydrogens (tertiary/aromatic N) is 6. The molecule has 1 aliphatic rings. The zero-order valence-corrected chi connectivity index (χ0v) is 21.9. The van der Waals surface area contributed by atoms with E-state index in [-0.39, 0.29) is 11.8 Å². The monoisotopic (exact) mass is 540 g/mol. The molecule has 1 aliphatic heterocycles. The molecule has 39 heavy (non-hydrogen) atoms. The van der Waals surface area contributed by atoms with E-state index < -0.39 is 23.0 Å². The van der Waals surface area contributed by atoms with Crippen LogP contribution >= 0.6 is 0 Å². The summed E-state index contributed by atoms with van der Waals surface area (Å²) in [5.74, 6) is 0.406. The molecule has 0 unspecified atom stereocenters. The van der Waals surface area contributed by atoms with Gasteiger partial charge in [-0.1, -0.05) is 0 Å². The Bertz CT molecular complexity index is 1620. The molecule has 4 aromatic rings. The second-order valence-corrected chi connectivity index (χ2v) is 10.4. The Morgan fingerprint density at radius 2 is 1.74 bits per heavy atom. The maximum Gasteiger partial charge on any atom is 0.435 e. The van der Waals surface area contributed by atoms with E-state index in [1.807, 2.05) is 38.5 Å². The van der Waals surface area contributed by atoms with Gasteiger partial charge < -0.3 is 14.2 Å². The fraction of sp³-hybridized carbons (Fsp3) is 0.370. The van der Waals surface area contributed by atoms with Gasteiger partial charge in [0.05, 0.1) is 5.69 Å². The van der Waals surface area contributed by atoms with Gasteiger partial charge in [0.1, 0.15) is 17.1 Å². The number of carbonyl (C=O) groups excluding carboxylic acids is 1. The molecule has 12 heteroatoms. The van der Waals surface area contributed by atoms with Crippen molar-refractivity contribution in [3.8, 4) is 17.1 Å². The number of rotatable bonds is 2. The Labute approximate surface area is 221 Å². The summed E-state index contributed by atoms with van der Waals surface area (Å²) in [7, 11) is 1.91. The number of amides is 1. The first-order valence-corrected chi connectivity index (χ1v) is 12.4. The third-order valence-electron chi connectivity index (χ3n) is 6.58. The number of halogens is 3. The second-order valence-electron chi connectivity index (χ2n) is 10.4. The first-order chi connectivity index (χ1) is 18.3. The molecule has 1 amide bonds. The number of aryl methyl sites for hydroxylation is 1. The van der Waals surface area contributed by atoms with Crippen molar-refractivity contribution in [2.75, 3.05) is 13.1 Å². The lowest BCUT2D eigenvalue weighted by Crippen LogP contribution is -2.38. The minimum Gasteiger partial charge on any atom is -0.444 e. The predicted molar refractivity (Wildman–Crippen MR) is 138 cm³/mol. The van der Waals surface area contributed by atoms with E-state index in [1.165, 1.54) is 22.9 Å². The maximum atomic E-state index is 12.9. The number of ether oxygens (including phenoxy) is 1. The van der Waals surface area contributed by atoms with Crippen LogP contribution in [0.1, 0.15) is 37.7 Å². The summed E-state index contributed by atoms with van der Waals surface area (Å²) < 4.78 is 47.2. The van der Waals surface area contributed by atoms with Gasteiger partial charge in [0.15, 0.2) is 5.69 Å². The highest BCUT2D eigenvalue weighted by molar-refractivity contribution is 5.83. The van der Waals surface area contributed by atoms with Gasteiger partial charge in [0.25, 0.3) is 5.56 Å². The summed E-state index contributed by atoms with van der Waals surface area (Å²) in [6.45, 7) is 6.57. The lowest BCUT2D eigenvalue weighted by Gasteiger charge is -2.26. The number of fused-ring (bicyclic) bond motifs is 3. The van der Waals surface area contributed by atoms with Gasteiger partial charge in [-0.05, 0) is 63.1 Å². The molecule has 0 spiro atoms. The summed E-state index contributed by atoms with van der Waals surface area (Å²) in [6, 6.07) is 8.54. The minimum atomic E-state index is -4.59. The third-order valence-corrected chi connectivity index (χ3v) is 6.58. The highest BCUT2D eigenvalue weighted by Crippen LogP contribution is 2.30. The van der Waals surface area contributed by atoms with E-state index in [0.29, 0.717) is 43.0 Å². The largest absolute Gasteiger partial charge is 0.444 e. The molecule has 5 rings (SSSR count). The van der Waals surface area contributed by atoms with Crippen LogP contribution in [0.25, 0.3) is 28.1 Å². The molecule has 4 aromatic heterocycles. The average Bonchev–Trinajstić information content (AvgIpc) is 3.00. The Kier molecular flexibility index (Phi) is 6.44. The Balaban J connectivity index is 1.41. The fourth-order valence-electron chi connectivity index (χ4n) is 4.72. The SMILES string of the molecule is Cn1c2c(c3ccc(-n4ccc(-c5ccc(C(F)(F)F)nn5)cc4=O)nc31)CCN(C(=O)OC(C)(C)C)CC2. The quantitative estimate of drug-likeness (QED) is 0.371. The van der Waals surface area contributed by atoms with Crippen LogP contribution < -0.4 is 5.56 Å². The lowest BCUT2D eigenvalue weighted by atomic mass is 10.1. The van der Waals surface area contributed by atoms with Crippen LogP contribution in [-0.2, 0) is 30.8 Å². The maximum absolute atomic E-state index is 12.9. The van der Waals surface area contributed by atoms with Crippen molar-refractivity contribution < 1.29 is 22.7 Å². The topological polar surface area (TPSA) is 95.1 Å². The second kappa shape index (κ2) is 9.51. The van der Waals surface area contributed by atoms with Crippen molar-refractivity contribution in [2.24, 2.45) is 7.05 Å².